The van der Waals surface area contributed by atoms with Crippen LogP contribution in [0.1, 0.15) is 43.0 Å². The van der Waals surface area contributed by atoms with E-state index in [1.54, 1.807) is 56.3 Å². The van der Waals surface area contributed by atoms with Crippen LogP contribution < -0.4 is 4.74 Å². The summed E-state index contributed by atoms with van der Waals surface area (Å²) >= 11 is 0. The molecule has 0 bridgehead atoms. The van der Waals surface area contributed by atoms with Crippen molar-refractivity contribution in [1.82, 2.24) is 29.7 Å². The maximum Gasteiger partial charge on any atom is 0.213 e. The quantitative estimate of drug-likeness (QED) is 0.362. The van der Waals surface area contributed by atoms with Gasteiger partial charge in [-0.25, -0.2) is 13.4 Å². The Labute approximate surface area is 205 Å². The van der Waals surface area contributed by atoms with Gasteiger partial charge in [-0.15, -0.1) is 10.2 Å². The molecule has 0 saturated heterocycles. The zero-order valence-electron chi connectivity index (χ0n) is 20.9. The summed E-state index contributed by atoms with van der Waals surface area (Å²) in [5.74, 6) is 0.398. The van der Waals surface area contributed by atoms with Gasteiger partial charge in [0.25, 0.3) is 0 Å². The van der Waals surface area contributed by atoms with Crippen molar-refractivity contribution in [3.05, 3.63) is 47.8 Å². The van der Waals surface area contributed by atoms with Crippen LogP contribution in [0.3, 0.4) is 0 Å². The first kappa shape index (κ1) is 26.6. The zero-order valence-corrected chi connectivity index (χ0v) is 21.7. The van der Waals surface area contributed by atoms with Crippen LogP contribution >= 0.6 is 0 Å². The maximum absolute atomic E-state index is 13.5. The van der Waals surface area contributed by atoms with E-state index >= 15 is 0 Å². The third-order valence-corrected chi connectivity index (χ3v) is 8.08. The highest BCUT2D eigenvalue weighted by molar-refractivity contribution is 7.91. The molecule has 3 aromatic rings. The second-order valence-corrected chi connectivity index (χ2v) is 10.7. The molecule has 0 aliphatic rings. The van der Waals surface area contributed by atoms with Gasteiger partial charge in [-0.05, 0) is 19.9 Å². The second-order valence-electron chi connectivity index (χ2n) is 8.32. The van der Waals surface area contributed by atoms with Crippen LogP contribution in [0.25, 0.3) is 11.5 Å². The number of hydrogen-bond donors (Lipinski definition) is 0. The molecule has 0 amide bonds. The lowest BCUT2D eigenvalue weighted by Crippen LogP contribution is -2.29. The van der Waals surface area contributed by atoms with Crippen molar-refractivity contribution in [2.45, 2.75) is 43.7 Å². The molecule has 3 heterocycles. The van der Waals surface area contributed by atoms with Gasteiger partial charge in [0.1, 0.15) is 17.3 Å². The summed E-state index contributed by atoms with van der Waals surface area (Å²) < 4.78 is 44.7. The van der Waals surface area contributed by atoms with Crippen molar-refractivity contribution in [2.24, 2.45) is 0 Å². The third kappa shape index (κ3) is 6.19. The second kappa shape index (κ2) is 11.6. The number of pyridine rings is 1. The minimum absolute atomic E-state index is 0.265. The van der Waals surface area contributed by atoms with Crippen LogP contribution in [0.2, 0.25) is 0 Å². The van der Waals surface area contributed by atoms with E-state index in [1.165, 1.54) is 7.11 Å². The van der Waals surface area contributed by atoms with E-state index in [0.717, 1.165) is 5.69 Å². The van der Waals surface area contributed by atoms with Crippen LogP contribution in [-0.2, 0) is 25.1 Å². The molecule has 3 rings (SSSR count). The summed E-state index contributed by atoms with van der Waals surface area (Å²) in [4.78, 5) is 13.1. The number of methoxy groups -OCH3 is 3. The largest absolute Gasteiger partial charge is 0.481 e. The Morgan fingerprint density at radius 1 is 1.00 bits per heavy atom. The molecule has 0 aromatic carbocycles. The van der Waals surface area contributed by atoms with Gasteiger partial charge in [0, 0.05) is 38.6 Å². The van der Waals surface area contributed by atoms with E-state index in [-0.39, 0.29) is 36.8 Å². The van der Waals surface area contributed by atoms with E-state index in [4.69, 9.17) is 14.2 Å². The molecule has 190 valence electrons. The minimum Gasteiger partial charge on any atom is -0.481 e. The van der Waals surface area contributed by atoms with Gasteiger partial charge in [0.2, 0.25) is 5.88 Å². The van der Waals surface area contributed by atoms with Gasteiger partial charge in [0.05, 0.1) is 43.0 Å². The summed E-state index contributed by atoms with van der Waals surface area (Å²) in [6.45, 7) is 5.87. The highest BCUT2D eigenvalue weighted by Crippen LogP contribution is 2.28. The van der Waals surface area contributed by atoms with Gasteiger partial charge >= 0.3 is 0 Å². The van der Waals surface area contributed by atoms with Gasteiger partial charge < -0.3 is 18.8 Å². The van der Waals surface area contributed by atoms with E-state index in [2.05, 4.69) is 25.1 Å². The number of sulfone groups is 1. The fraction of sp³-hybridized carbons (Fsp3) is 0.522. The van der Waals surface area contributed by atoms with Crippen molar-refractivity contribution >= 4 is 9.84 Å². The van der Waals surface area contributed by atoms with Crippen LogP contribution in [-0.4, -0.2) is 77.9 Å². The molecule has 0 spiro atoms. The molecular weight excluding hydrogens is 472 g/mol. The van der Waals surface area contributed by atoms with E-state index in [0.29, 0.717) is 23.1 Å². The topological polar surface area (TPSA) is 131 Å². The molecule has 2 atom stereocenters. The van der Waals surface area contributed by atoms with Crippen molar-refractivity contribution in [3.63, 3.8) is 0 Å². The van der Waals surface area contributed by atoms with Gasteiger partial charge in [-0.1, -0.05) is 13.0 Å². The SMILES string of the molecule is COCC(COC)n1c(CS(=O)(=O)[C@@H](C)[C@H](C)c2cnc(C)cn2)nnc1-c1cccc(OC)n1. The first-order valence-electron chi connectivity index (χ1n) is 11.1. The Bertz CT molecular complexity index is 1210. The Kier molecular flexibility index (Phi) is 8.87. The average molecular weight is 505 g/mol. The lowest BCUT2D eigenvalue weighted by molar-refractivity contribution is 0.0889. The summed E-state index contributed by atoms with van der Waals surface area (Å²) in [5.41, 5.74) is 1.88. The van der Waals surface area contributed by atoms with Crippen LogP contribution in [0.15, 0.2) is 30.6 Å². The van der Waals surface area contributed by atoms with Crippen LogP contribution in [0.5, 0.6) is 5.88 Å². The lowest BCUT2D eigenvalue weighted by Gasteiger charge is -2.23. The van der Waals surface area contributed by atoms with Crippen molar-refractivity contribution in [1.29, 1.82) is 0 Å². The fourth-order valence-electron chi connectivity index (χ4n) is 3.72. The molecule has 0 radical (unpaired) electrons. The van der Waals surface area contributed by atoms with E-state index < -0.39 is 15.1 Å². The molecule has 0 saturated carbocycles. The molecule has 0 N–H and O–H groups in total. The van der Waals surface area contributed by atoms with E-state index in [1.807, 2.05) is 13.8 Å². The van der Waals surface area contributed by atoms with E-state index in [9.17, 15) is 8.42 Å². The first-order chi connectivity index (χ1) is 16.7. The Balaban J connectivity index is 2.01. The Morgan fingerprint density at radius 2 is 1.71 bits per heavy atom. The minimum atomic E-state index is -3.66. The summed E-state index contributed by atoms with van der Waals surface area (Å²) in [6, 6.07) is 4.89. The number of aryl methyl sites for hydroxylation is 1. The summed E-state index contributed by atoms with van der Waals surface area (Å²) in [7, 11) is 1.00. The molecular formula is C23H32N6O5S. The Hall–Kier alpha value is -2.96. The lowest BCUT2D eigenvalue weighted by atomic mass is 10.1. The molecule has 12 heteroatoms. The summed E-state index contributed by atoms with van der Waals surface area (Å²) in [5, 5.41) is 7.83. The number of nitrogens with zero attached hydrogens (tertiary/aromatic N) is 6. The molecule has 0 aliphatic carbocycles. The first-order valence-corrected chi connectivity index (χ1v) is 12.9. The van der Waals surface area contributed by atoms with Crippen LogP contribution in [0.4, 0.5) is 0 Å². The highest BCUT2D eigenvalue weighted by atomic mass is 32.2. The van der Waals surface area contributed by atoms with Gasteiger partial charge in [-0.3, -0.25) is 9.97 Å². The van der Waals surface area contributed by atoms with Crippen LogP contribution in [0, 0.1) is 6.92 Å². The van der Waals surface area contributed by atoms with Crippen molar-refractivity contribution < 1.29 is 22.6 Å². The predicted molar refractivity (Wildman–Crippen MR) is 130 cm³/mol. The Morgan fingerprint density at radius 3 is 2.31 bits per heavy atom. The molecule has 3 aromatic heterocycles. The van der Waals surface area contributed by atoms with Crippen molar-refractivity contribution in [2.75, 3.05) is 34.5 Å². The summed E-state index contributed by atoms with van der Waals surface area (Å²) in [6.07, 6.45) is 3.25. The maximum atomic E-state index is 13.5. The zero-order chi connectivity index (χ0) is 25.6. The molecule has 0 fully saturated rings. The third-order valence-electron chi connectivity index (χ3n) is 5.88. The number of rotatable bonds is 12. The molecule has 0 aliphatic heterocycles. The number of aromatic nitrogens is 6. The van der Waals surface area contributed by atoms with Gasteiger partial charge in [-0.2, -0.15) is 0 Å². The number of hydrogen-bond acceptors (Lipinski definition) is 10. The normalized spacial score (nSPS) is 13.7. The predicted octanol–water partition coefficient (Wildman–Crippen LogP) is 2.39. The monoisotopic (exact) mass is 504 g/mol. The smallest absolute Gasteiger partial charge is 0.213 e. The molecule has 35 heavy (non-hydrogen) atoms. The highest BCUT2D eigenvalue weighted by Gasteiger charge is 2.32. The molecule has 11 nitrogen and oxygen atoms in total. The standard InChI is InChI=1S/C23H32N6O5S/c1-15-10-25-20(11-24-15)16(2)17(3)35(30,31)14-21-27-28-23(19-8-7-9-22(26-19)34-6)29(21)18(12-32-4)13-33-5/h7-11,16-18H,12-14H2,1-6H3/t16-,17-/m0/s1. The van der Waals surface area contributed by atoms with Gasteiger partial charge in [0.15, 0.2) is 15.7 Å². The average Bonchev–Trinajstić information content (AvgIpc) is 3.26. The van der Waals surface area contributed by atoms with Crippen molar-refractivity contribution in [3.8, 4) is 17.4 Å². The number of ether oxygens (including phenoxy) is 3. The molecule has 0 unspecified atom stereocenters. The fourth-order valence-corrected chi connectivity index (χ4v) is 5.30.